The normalized spacial score (nSPS) is 21.0. The summed E-state index contributed by atoms with van der Waals surface area (Å²) < 4.78 is 48.7. The van der Waals surface area contributed by atoms with Crippen molar-refractivity contribution in [1.29, 1.82) is 0 Å². The van der Waals surface area contributed by atoms with Gasteiger partial charge in [-0.3, -0.25) is 14.1 Å². The average Bonchev–Trinajstić information content (AvgIpc) is 3.19. The van der Waals surface area contributed by atoms with Gasteiger partial charge in [-0.1, -0.05) is 74.7 Å². The molecular formula is C44H93Cl2N3O9P2. The van der Waals surface area contributed by atoms with Gasteiger partial charge in [-0.25, -0.2) is 0 Å². The lowest BCUT2D eigenvalue weighted by Crippen LogP contribution is -2.32. The number of methoxy groups -OCH3 is 1. The number of aromatic nitrogens is 1. The van der Waals surface area contributed by atoms with Crippen LogP contribution in [0.15, 0.2) is 24.5 Å². The molecule has 1 aromatic rings. The van der Waals surface area contributed by atoms with Crippen molar-refractivity contribution in [2.24, 2.45) is 17.8 Å². The fraction of sp³-hybridized carbons (Fsp3) is 0.886. The third kappa shape index (κ3) is 41.7. The summed E-state index contributed by atoms with van der Waals surface area (Å²) in [6, 6.07) is 3.94. The standard InChI is InChI=1S/C16H33O4P.C7H10N2.C7H14O2.C6H13Cl2O2P.C5H11NO.3CH4/c1-4-5-6-7-12-19-21(3,17)20-14-16-10-8-15(9-11-16)13-18-2;1-9(2)7-3-5-8-6-4-7;8-5-6-1-3-7(9)4-2-6;1-2-3-4-5-6-10-11(7,8)9;1-6-2-4-7-5-3-6;;;/h15-16H,4-14H2,1-3H3;3-6H,1-2H3;6-9H,1-5H2;2-6H2,1H3;2-5H2,1H3;3*1H4. The summed E-state index contributed by atoms with van der Waals surface area (Å²) in [4.78, 5) is 8.21. The molecule has 1 unspecified atom stereocenters. The van der Waals surface area contributed by atoms with Gasteiger partial charge in [0.1, 0.15) is 0 Å². The van der Waals surface area contributed by atoms with Crippen LogP contribution in [-0.2, 0) is 32.2 Å². The number of halogens is 2. The summed E-state index contributed by atoms with van der Waals surface area (Å²) in [5.74, 6) is 1.68. The molecule has 12 nitrogen and oxygen atoms in total. The Bertz CT molecular complexity index is 1120. The molecule has 0 spiro atoms. The third-order valence-corrected chi connectivity index (χ3v) is 12.3. The summed E-state index contributed by atoms with van der Waals surface area (Å²) >= 11 is 10.3. The van der Waals surface area contributed by atoms with Gasteiger partial charge in [0.2, 0.25) is 0 Å². The first-order valence-electron chi connectivity index (χ1n) is 21.3. The lowest BCUT2D eigenvalue weighted by molar-refractivity contribution is 0.0503. The van der Waals surface area contributed by atoms with E-state index in [1.165, 1.54) is 37.8 Å². The minimum atomic E-state index is -3.27. The number of hydrogen-bond donors (Lipinski definition) is 2. The van der Waals surface area contributed by atoms with Crippen LogP contribution in [-0.4, -0.2) is 120 Å². The van der Waals surface area contributed by atoms with Crippen molar-refractivity contribution < 1.29 is 42.4 Å². The molecule has 3 aliphatic rings. The van der Waals surface area contributed by atoms with Gasteiger partial charge < -0.3 is 43.1 Å². The monoisotopic (exact) mass is 940 g/mol. The highest BCUT2D eigenvalue weighted by Gasteiger charge is 2.25. The van der Waals surface area contributed by atoms with Crippen LogP contribution >= 0.6 is 36.2 Å². The van der Waals surface area contributed by atoms with Crippen molar-refractivity contribution in [3.63, 3.8) is 0 Å². The second kappa shape index (κ2) is 42.6. The Hall–Kier alpha value is -0.330. The Morgan fingerprint density at radius 2 is 1.23 bits per heavy atom. The van der Waals surface area contributed by atoms with Crippen molar-refractivity contribution in [2.45, 2.75) is 145 Å². The van der Waals surface area contributed by atoms with E-state index in [0.29, 0.717) is 44.2 Å². The van der Waals surface area contributed by atoms with Crippen LogP contribution in [0.1, 0.15) is 139 Å². The average molecular weight is 941 g/mol. The highest BCUT2D eigenvalue weighted by Crippen LogP contribution is 2.57. The molecule has 0 aromatic carbocycles. The number of aliphatic hydroxyl groups excluding tert-OH is 2. The van der Waals surface area contributed by atoms with Crippen LogP contribution in [0.5, 0.6) is 0 Å². The number of likely N-dealkylation sites (N-methyl/N-ethyl adjacent to an activating group) is 1. The van der Waals surface area contributed by atoms with Crippen LogP contribution in [0.25, 0.3) is 0 Å². The Labute approximate surface area is 379 Å². The van der Waals surface area contributed by atoms with Gasteiger partial charge in [0.15, 0.2) is 0 Å². The number of nitrogens with zero attached hydrogens (tertiary/aromatic N) is 3. The summed E-state index contributed by atoms with van der Waals surface area (Å²) in [5, 5.41) is 17.7. The van der Waals surface area contributed by atoms with Crippen molar-refractivity contribution in [3.8, 4) is 0 Å². The minimum Gasteiger partial charge on any atom is -0.396 e. The van der Waals surface area contributed by atoms with E-state index < -0.39 is 13.7 Å². The number of unbranched alkanes of at least 4 members (excludes halogenated alkanes) is 6. The molecule has 0 bridgehead atoms. The fourth-order valence-corrected chi connectivity index (χ4v) is 7.93. The van der Waals surface area contributed by atoms with E-state index >= 15 is 0 Å². The number of rotatable bonds is 19. The largest absolute Gasteiger partial charge is 0.396 e. The zero-order chi connectivity index (χ0) is 42.8. The molecule has 0 radical (unpaired) electrons. The molecule has 2 saturated carbocycles. The Kier molecular flexibility index (Phi) is 47.1. The zero-order valence-electron chi connectivity index (χ0n) is 36.5. The van der Waals surface area contributed by atoms with Gasteiger partial charge in [-0.15, -0.1) is 0 Å². The van der Waals surface area contributed by atoms with E-state index in [2.05, 4.69) is 35.3 Å². The van der Waals surface area contributed by atoms with Crippen LogP contribution < -0.4 is 4.90 Å². The summed E-state index contributed by atoms with van der Waals surface area (Å²) in [6.07, 6.45) is 17.4. The van der Waals surface area contributed by atoms with E-state index in [9.17, 15) is 9.13 Å². The van der Waals surface area contributed by atoms with Gasteiger partial charge in [0.25, 0.3) is 0 Å². The topological polar surface area (TPSA) is 140 Å². The summed E-state index contributed by atoms with van der Waals surface area (Å²) in [5.41, 5.74) is 1.19. The zero-order valence-corrected chi connectivity index (χ0v) is 39.8. The van der Waals surface area contributed by atoms with Gasteiger partial charge in [-0.2, -0.15) is 0 Å². The van der Waals surface area contributed by atoms with E-state index in [1.54, 1.807) is 26.2 Å². The molecule has 16 heteroatoms. The summed E-state index contributed by atoms with van der Waals surface area (Å²) in [6.45, 7) is 12.6. The van der Waals surface area contributed by atoms with Gasteiger partial charge in [0.05, 0.1) is 39.1 Å². The third-order valence-electron chi connectivity index (χ3n) is 9.96. The number of pyridine rings is 1. The molecule has 362 valence electrons. The van der Waals surface area contributed by atoms with Gasteiger partial charge in [-0.05, 0) is 124 Å². The highest BCUT2D eigenvalue weighted by atomic mass is 35.9. The Balaban J connectivity index is -0.000000344. The quantitative estimate of drug-likeness (QED) is 0.101. The number of morpholine rings is 1. The van der Waals surface area contributed by atoms with Crippen LogP contribution in [0.4, 0.5) is 5.69 Å². The summed E-state index contributed by atoms with van der Waals surface area (Å²) in [7, 11) is 5.04. The molecular weight excluding hydrogens is 847 g/mol. The number of aliphatic hydroxyl groups is 2. The van der Waals surface area contributed by atoms with Gasteiger partial charge in [0, 0.05) is 72.3 Å². The molecule has 3 fully saturated rings. The number of ether oxygens (including phenoxy) is 2. The second-order valence-corrected chi connectivity index (χ2v) is 21.8. The molecule has 0 amide bonds. The predicted molar refractivity (Wildman–Crippen MR) is 258 cm³/mol. The SMILES string of the molecule is C.C.C.CCCCCCOP(=O)(Cl)Cl.CCCCCCOP(C)(=O)OCC1CCC(COC)CC1.CN(C)c1ccncc1.CN1CCOCC1.OCC1CCC(O)CC1. The Morgan fingerprint density at radius 1 is 0.767 bits per heavy atom. The maximum atomic E-state index is 12.2. The van der Waals surface area contributed by atoms with Crippen LogP contribution in [0.2, 0.25) is 0 Å². The smallest absolute Gasteiger partial charge is 0.380 e. The van der Waals surface area contributed by atoms with Gasteiger partial charge >= 0.3 is 13.7 Å². The molecule has 1 aromatic heterocycles. The van der Waals surface area contributed by atoms with Crippen LogP contribution in [0, 0.1) is 17.8 Å². The van der Waals surface area contributed by atoms with Crippen LogP contribution in [0.3, 0.4) is 0 Å². The molecule has 60 heavy (non-hydrogen) atoms. The van der Waals surface area contributed by atoms with Crippen molar-refractivity contribution in [2.75, 3.05) is 99.2 Å². The molecule has 2 aliphatic carbocycles. The first-order chi connectivity index (χ1) is 27.2. The first-order valence-corrected chi connectivity index (χ1v) is 26.7. The first kappa shape index (κ1) is 66.3. The van der Waals surface area contributed by atoms with Crippen molar-refractivity contribution in [1.82, 2.24) is 9.88 Å². The lowest BCUT2D eigenvalue weighted by atomic mass is 9.83. The maximum absolute atomic E-state index is 12.2. The number of anilines is 1. The second-order valence-electron chi connectivity index (χ2n) is 15.5. The highest BCUT2D eigenvalue weighted by molar-refractivity contribution is 8.05. The van der Waals surface area contributed by atoms with E-state index in [0.717, 1.165) is 104 Å². The van der Waals surface area contributed by atoms with Crippen molar-refractivity contribution >= 4 is 41.8 Å². The van der Waals surface area contributed by atoms with Crippen molar-refractivity contribution in [3.05, 3.63) is 24.5 Å². The van der Waals surface area contributed by atoms with E-state index in [4.69, 9.17) is 51.2 Å². The molecule has 2 N–H and O–H groups in total. The molecule has 1 saturated heterocycles. The van der Waals surface area contributed by atoms with E-state index in [-0.39, 0.29) is 28.4 Å². The van der Waals surface area contributed by atoms with E-state index in [1.807, 2.05) is 31.1 Å². The fourth-order valence-electron chi connectivity index (χ4n) is 6.16. The molecule has 1 atom stereocenters. The lowest BCUT2D eigenvalue weighted by Gasteiger charge is -2.28. The number of hydrogen-bond acceptors (Lipinski definition) is 12. The minimum absolute atomic E-state index is 0. The predicted octanol–water partition coefficient (Wildman–Crippen LogP) is 12.6. The molecule has 2 heterocycles. The Morgan fingerprint density at radius 3 is 1.62 bits per heavy atom. The molecule has 4 rings (SSSR count). The maximum Gasteiger partial charge on any atom is 0.380 e. The molecule has 1 aliphatic heterocycles.